The number of carbonyl (C=O) groups excluding carboxylic acids is 1. The molecule has 0 saturated heterocycles. The third-order valence-corrected chi connectivity index (χ3v) is 3.37. The van der Waals surface area contributed by atoms with Gasteiger partial charge in [-0.25, -0.2) is 4.98 Å². The van der Waals surface area contributed by atoms with Gasteiger partial charge in [0.25, 0.3) is 11.7 Å². The molecule has 2 heterocycles. The van der Waals surface area contributed by atoms with Crippen molar-refractivity contribution < 1.29 is 14.6 Å². The number of nitrogen functional groups attached to an aromatic ring is 1. The normalized spacial score (nSPS) is 12.8. The number of anilines is 1. The number of imidazole rings is 1. The van der Waals surface area contributed by atoms with Crippen molar-refractivity contribution in [2.75, 3.05) is 5.73 Å². The van der Waals surface area contributed by atoms with E-state index in [2.05, 4.69) is 20.1 Å². The molecule has 1 amide bonds. The van der Waals surface area contributed by atoms with Gasteiger partial charge in [-0.3, -0.25) is 10.5 Å². The topological polar surface area (TPSA) is 173 Å². The van der Waals surface area contributed by atoms with Crippen LogP contribution in [0, 0.1) is 10.1 Å². The number of amides is 1. The Morgan fingerprint density at radius 1 is 1.65 bits per heavy atom. The lowest BCUT2D eigenvalue weighted by atomic mass is 10.2. The number of nitro groups is 1. The molecule has 11 nitrogen and oxygen atoms in total. The van der Waals surface area contributed by atoms with Crippen LogP contribution in [0.15, 0.2) is 16.7 Å². The second-order valence-corrected chi connectivity index (χ2v) is 5.13. The lowest BCUT2D eigenvalue weighted by molar-refractivity contribution is -0.389. The molecular weight excluding hydrogens is 326 g/mol. The molecular formula is C11H12N7O4S. The average Bonchev–Trinajstić information content (AvgIpc) is 3.12. The van der Waals surface area contributed by atoms with E-state index in [0.29, 0.717) is 6.42 Å². The van der Waals surface area contributed by atoms with Crippen LogP contribution < -0.4 is 11.5 Å². The lowest BCUT2D eigenvalue weighted by Gasteiger charge is -2.07. The van der Waals surface area contributed by atoms with Gasteiger partial charge in [-0.2, -0.15) is 0 Å². The predicted molar refractivity (Wildman–Crippen MR) is 80.5 cm³/mol. The molecule has 0 fully saturated rings. The van der Waals surface area contributed by atoms with Gasteiger partial charge >= 0.3 is 5.82 Å². The fourth-order valence-corrected chi connectivity index (χ4v) is 2.17. The first kappa shape index (κ1) is 16.4. The van der Waals surface area contributed by atoms with Gasteiger partial charge < -0.3 is 25.7 Å². The summed E-state index contributed by atoms with van der Waals surface area (Å²) >= 11 is 1.09. The number of hydrogen-bond acceptors (Lipinski definition) is 9. The van der Waals surface area contributed by atoms with Crippen molar-refractivity contribution >= 4 is 33.9 Å². The maximum Gasteiger partial charge on any atom is 0.381 e. The molecule has 0 aliphatic rings. The van der Waals surface area contributed by atoms with Crippen LogP contribution in [0.2, 0.25) is 0 Å². The molecule has 1 radical (unpaired) electrons. The molecule has 0 aromatic carbocycles. The summed E-state index contributed by atoms with van der Waals surface area (Å²) in [6, 6.07) is 0. The summed E-state index contributed by atoms with van der Waals surface area (Å²) in [7, 11) is 0. The monoisotopic (exact) mass is 338 g/mol. The van der Waals surface area contributed by atoms with Crippen LogP contribution in [0.1, 0.15) is 31.0 Å². The molecule has 0 bridgehead atoms. The summed E-state index contributed by atoms with van der Waals surface area (Å²) < 4.78 is 0. The lowest BCUT2D eigenvalue weighted by Crippen LogP contribution is -2.18. The number of nitrogens with zero attached hydrogens (tertiary/aromatic N) is 4. The van der Waals surface area contributed by atoms with Crippen molar-refractivity contribution in [1.82, 2.24) is 20.7 Å². The van der Waals surface area contributed by atoms with Gasteiger partial charge in [0.1, 0.15) is 11.9 Å². The smallest absolute Gasteiger partial charge is 0.381 e. The van der Waals surface area contributed by atoms with Gasteiger partial charge in [0.15, 0.2) is 10.8 Å². The molecule has 0 saturated carbocycles. The van der Waals surface area contributed by atoms with Crippen molar-refractivity contribution in [1.29, 1.82) is 0 Å². The van der Waals surface area contributed by atoms with Gasteiger partial charge in [0.2, 0.25) is 6.10 Å². The number of aromatic amines is 1. The summed E-state index contributed by atoms with van der Waals surface area (Å²) in [6.45, 7) is 1.75. The molecule has 2 rings (SSSR count). The first-order valence-corrected chi connectivity index (χ1v) is 7.21. The Balaban J connectivity index is 2.22. The van der Waals surface area contributed by atoms with Crippen molar-refractivity contribution in [3.63, 3.8) is 0 Å². The van der Waals surface area contributed by atoms with Crippen LogP contribution in [-0.4, -0.2) is 31.5 Å². The Bertz CT molecular complexity index is 753. The van der Waals surface area contributed by atoms with Crippen LogP contribution >= 0.6 is 11.3 Å². The maximum atomic E-state index is 11.4. The van der Waals surface area contributed by atoms with Gasteiger partial charge in [0, 0.05) is 5.38 Å². The Labute approximate surface area is 133 Å². The van der Waals surface area contributed by atoms with Crippen molar-refractivity contribution in [3.05, 3.63) is 33.2 Å². The van der Waals surface area contributed by atoms with E-state index in [9.17, 15) is 14.9 Å². The molecule has 1 unspecified atom stereocenters. The third-order valence-electron chi connectivity index (χ3n) is 2.70. The molecule has 1 atom stereocenters. The van der Waals surface area contributed by atoms with Crippen molar-refractivity contribution in [3.8, 4) is 0 Å². The van der Waals surface area contributed by atoms with Gasteiger partial charge in [0.05, 0.1) is 0 Å². The zero-order valence-electron chi connectivity index (χ0n) is 11.8. The van der Waals surface area contributed by atoms with Crippen LogP contribution in [-0.2, 0) is 9.63 Å². The standard InChI is InChI=1S/C11H12N7O4S/c1-2-6(10-14-3-7(16-10)18(20)21)22-17-8(9(12)19)5-4-23-11(13)15-5/h3-4,6,12H,2H2,1H3,(H2,13,15)(H,14,16). The van der Waals surface area contributed by atoms with Crippen molar-refractivity contribution in [2.45, 2.75) is 19.4 Å². The molecule has 12 heteroatoms. The van der Waals surface area contributed by atoms with Crippen LogP contribution in [0.4, 0.5) is 10.9 Å². The fourth-order valence-electron chi connectivity index (χ4n) is 1.62. The van der Waals surface area contributed by atoms with Gasteiger partial charge in [-0.15, -0.1) is 11.3 Å². The van der Waals surface area contributed by atoms with E-state index < -0.39 is 16.9 Å². The highest BCUT2D eigenvalue weighted by Gasteiger charge is 2.24. The van der Waals surface area contributed by atoms with Gasteiger partial charge in [-0.05, 0) is 16.3 Å². The number of aromatic nitrogens is 3. The zero-order chi connectivity index (χ0) is 17.0. The van der Waals surface area contributed by atoms with E-state index in [0.717, 1.165) is 17.5 Å². The highest BCUT2D eigenvalue weighted by atomic mass is 32.1. The summed E-state index contributed by atoms with van der Waals surface area (Å²) in [6.07, 6.45) is 0.768. The van der Waals surface area contributed by atoms with Crippen LogP contribution in [0.25, 0.3) is 0 Å². The summed E-state index contributed by atoms with van der Waals surface area (Å²) in [5, 5.41) is 16.0. The minimum Gasteiger partial charge on any atom is -0.381 e. The highest BCUT2D eigenvalue weighted by Crippen LogP contribution is 2.21. The molecule has 0 aliphatic heterocycles. The highest BCUT2D eigenvalue weighted by molar-refractivity contribution is 7.13. The third kappa shape index (κ3) is 3.79. The Hall–Kier alpha value is -3.02. The zero-order valence-corrected chi connectivity index (χ0v) is 12.7. The Morgan fingerprint density at radius 3 is 2.87 bits per heavy atom. The van der Waals surface area contributed by atoms with E-state index >= 15 is 0 Å². The number of rotatable bonds is 7. The number of carbonyl (C=O) groups is 1. The number of nitrogens with one attached hydrogen (secondary N) is 2. The molecule has 0 spiro atoms. The van der Waals surface area contributed by atoms with E-state index in [4.69, 9.17) is 16.3 Å². The van der Waals surface area contributed by atoms with Crippen LogP contribution in [0.3, 0.4) is 0 Å². The number of thiazole rings is 1. The second kappa shape index (κ2) is 6.83. The molecule has 2 aromatic rings. The average molecular weight is 338 g/mol. The molecule has 121 valence electrons. The van der Waals surface area contributed by atoms with E-state index in [1.807, 2.05) is 0 Å². The molecule has 0 aliphatic carbocycles. The first-order chi connectivity index (χ1) is 10.9. The van der Waals surface area contributed by atoms with Crippen molar-refractivity contribution in [2.24, 2.45) is 5.16 Å². The second-order valence-electron chi connectivity index (χ2n) is 4.24. The minimum absolute atomic E-state index is 0.132. The van der Waals surface area contributed by atoms with Crippen LogP contribution in [0.5, 0.6) is 0 Å². The molecule has 4 N–H and O–H groups in total. The van der Waals surface area contributed by atoms with Gasteiger partial charge in [-0.1, -0.05) is 12.1 Å². The Kier molecular flexibility index (Phi) is 4.85. The number of nitrogens with two attached hydrogens (primary N) is 1. The SMILES string of the molecule is CCC(ON=C(C([NH])=O)c1csc(N)n1)c1nc([N+](=O)[O-])c[nH]1. The number of oxime groups is 1. The van der Waals surface area contributed by atoms with E-state index in [1.165, 1.54) is 5.38 Å². The fraction of sp³-hybridized carbons (Fsp3) is 0.273. The number of hydrogen-bond donors (Lipinski definition) is 2. The molecule has 2 aromatic heterocycles. The summed E-state index contributed by atoms with van der Waals surface area (Å²) in [4.78, 5) is 36.8. The quantitative estimate of drug-likeness (QED) is 0.430. The number of H-pyrrole nitrogens is 1. The Morgan fingerprint density at radius 2 is 2.39 bits per heavy atom. The predicted octanol–water partition coefficient (Wildman–Crippen LogP) is 1.04. The largest absolute Gasteiger partial charge is 0.381 e. The molecule has 23 heavy (non-hydrogen) atoms. The first-order valence-electron chi connectivity index (χ1n) is 6.33. The summed E-state index contributed by atoms with van der Waals surface area (Å²) in [5.41, 5.74) is 12.5. The minimum atomic E-state index is -1.09. The maximum absolute atomic E-state index is 11.4. The summed E-state index contributed by atoms with van der Waals surface area (Å²) in [5.74, 6) is -1.25. The van der Waals surface area contributed by atoms with E-state index in [-0.39, 0.29) is 28.2 Å². The van der Waals surface area contributed by atoms with E-state index in [1.54, 1.807) is 6.92 Å².